The van der Waals surface area contributed by atoms with Gasteiger partial charge in [-0.1, -0.05) is 5.16 Å². The van der Waals surface area contributed by atoms with Gasteiger partial charge in [0, 0.05) is 36.1 Å². The van der Waals surface area contributed by atoms with Crippen LogP contribution in [0.15, 0.2) is 53.6 Å². The SMILES string of the molecule is CC(c1ccon1)N(C)Cc1cc(-c2cnccn2)ccc1O. The lowest BCUT2D eigenvalue weighted by Gasteiger charge is -2.23. The Morgan fingerprint density at radius 3 is 2.83 bits per heavy atom. The summed E-state index contributed by atoms with van der Waals surface area (Å²) < 4.78 is 4.90. The summed E-state index contributed by atoms with van der Waals surface area (Å²) in [5.74, 6) is 0.261. The molecule has 0 saturated heterocycles. The van der Waals surface area contributed by atoms with Crippen molar-refractivity contribution in [1.29, 1.82) is 0 Å². The molecule has 0 fully saturated rings. The number of phenols is 1. The number of phenolic OH excluding ortho intramolecular Hbond substituents is 1. The van der Waals surface area contributed by atoms with Gasteiger partial charge in [-0.15, -0.1) is 0 Å². The Morgan fingerprint density at radius 1 is 1.26 bits per heavy atom. The van der Waals surface area contributed by atoms with E-state index in [1.165, 1.54) is 0 Å². The van der Waals surface area contributed by atoms with Gasteiger partial charge in [0.1, 0.15) is 17.7 Å². The van der Waals surface area contributed by atoms with Gasteiger partial charge in [0.2, 0.25) is 0 Å². The van der Waals surface area contributed by atoms with Gasteiger partial charge in [0.05, 0.1) is 17.9 Å². The number of aromatic nitrogens is 3. The number of nitrogens with zero attached hydrogens (tertiary/aromatic N) is 4. The fourth-order valence-electron chi connectivity index (χ4n) is 2.39. The molecular formula is C17H18N4O2. The van der Waals surface area contributed by atoms with E-state index in [-0.39, 0.29) is 11.8 Å². The lowest BCUT2D eigenvalue weighted by atomic mass is 10.1. The number of aromatic hydroxyl groups is 1. The first-order chi connectivity index (χ1) is 11.1. The molecule has 0 radical (unpaired) electrons. The second-order valence-corrected chi connectivity index (χ2v) is 5.45. The molecule has 118 valence electrons. The summed E-state index contributed by atoms with van der Waals surface area (Å²) in [4.78, 5) is 10.5. The molecule has 0 aliphatic heterocycles. The Balaban J connectivity index is 1.82. The van der Waals surface area contributed by atoms with Crippen LogP contribution in [0.5, 0.6) is 5.75 Å². The minimum Gasteiger partial charge on any atom is -0.508 e. The van der Waals surface area contributed by atoms with Crippen LogP contribution in [0.25, 0.3) is 11.3 Å². The van der Waals surface area contributed by atoms with Crippen LogP contribution in [0.3, 0.4) is 0 Å². The van der Waals surface area contributed by atoms with E-state index in [0.717, 1.165) is 22.5 Å². The summed E-state index contributed by atoms with van der Waals surface area (Å²) in [7, 11) is 1.98. The van der Waals surface area contributed by atoms with E-state index in [0.29, 0.717) is 6.54 Å². The predicted molar refractivity (Wildman–Crippen MR) is 85.5 cm³/mol. The van der Waals surface area contributed by atoms with E-state index < -0.39 is 0 Å². The monoisotopic (exact) mass is 310 g/mol. The zero-order chi connectivity index (χ0) is 16.2. The van der Waals surface area contributed by atoms with Gasteiger partial charge >= 0.3 is 0 Å². The van der Waals surface area contributed by atoms with Crippen LogP contribution in [0.1, 0.15) is 24.2 Å². The molecule has 2 aromatic heterocycles. The number of benzene rings is 1. The number of hydrogen-bond acceptors (Lipinski definition) is 6. The highest BCUT2D eigenvalue weighted by Gasteiger charge is 2.16. The molecule has 6 nitrogen and oxygen atoms in total. The Hall–Kier alpha value is -2.73. The van der Waals surface area contributed by atoms with E-state index in [2.05, 4.69) is 20.0 Å². The van der Waals surface area contributed by atoms with Gasteiger partial charge in [-0.2, -0.15) is 0 Å². The van der Waals surface area contributed by atoms with Gasteiger partial charge in [-0.25, -0.2) is 0 Å². The molecule has 0 saturated carbocycles. The summed E-state index contributed by atoms with van der Waals surface area (Å²) in [6.45, 7) is 2.62. The molecule has 3 rings (SSSR count). The smallest absolute Gasteiger partial charge is 0.124 e. The Morgan fingerprint density at radius 2 is 2.13 bits per heavy atom. The molecule has 1 unspecified atom stereocenters. The third kappa shape index (κ3) is 3.37. The maximum absolute atomic E-state index is 10.1. The van der Waals surface area contributed by atoms with Gasteiger partial charge in [0.25, 0.3) is 0 Å². The molecule has 1 aromatic carbocycles. The first kappa shape index (κ1) is 15.2. The highest BCUT2D eigenvalue weighted by molar-refractivity contribution is 5.60. The topological polar surface area (TPSA) is 75.3 Å². The van der Waals surface area contributed by atoms with Crippen molar-refractivity contribution < 1.29 is 9.63 Å². The van der Waals surface area contributed by atoms with Crippen molar-refractivity contribution in [1.82, 2.24) is 20.0 Å². The lowest BCUT2D eigenvalue weighted by molar-refractivity contribution is 0.238. The third-order valence-corrected chi connectivity index (χ3v) is 3.91. The quantitative estimate of drug-likeness (QED) is 0.780. The first-order valence-electron chi connectivity index (χ1n) is 7.34. The zero-order valence-electron chi connectivity index (χ0n) is 13.0. The Kier molecular flexibility index (Phi) is 4.34. The Labute approximate surface area is 134 Å². The normalized spacial score (nSPS) is 12.5. The first-order valence-corrected chi connectivity index (χ1v) is 7.34. The third-order valence-electron chi connectivity index (χ3n) is 3.91. The highest BCUT2D eigenvalue weighted by Crippen LogP contribution is 2.27. The lowest BCUT2D eigenvalue weighted by Crippen LogP contribution is -2.22. The summed E-state index contributed by atoms with van der Waals surface area (Å²) >= 11 is 0. The van der Waals surface area contributed by atoms with Gasteiger partial charge in [-0.3, -0.25) is 14.9 Å². The zero-order valence-corrected chi connectivity index (χ0v) is 13.0. The van der Waals surface area contributed by atoms with Crippen LogP contribution in [-0.2, 0) is 6.54 Å². The van der Waals surface area contributed by atoms with Crippen molar-refractivity contribution in [2.45, 2.75) is 19.5 Å². The van der Waals surface area contributed by atoms with E-state index in [9.17, 15) is 5.11 Å². The average Bonchev–Trinajstić information content (AvgIpc) is 3.11. The maximum atomic E-state index is 10.1. The van der Waals surface area contributed by atoms with Crippen molar-refractivity contribution in [2.24, 2.45) is 0 Å². The summed E-state index contributed by atoms with van der Waals surface area (Å²) in [6.07, 6.45) is 6.56. The van der Waals surface area contributed by atoms with Crippen LogP contribution >= 0.6 is 0 Å². The van der Waals surface area contributed by atoms with E-state index in [1.807, 2.05) is 32.2 Å². The summed E-state index contributed by atoms with van der Waals surface area (Å²) in [5, 5.41) is 14.1. The minimum absolute atomic E-state index is 0.0772. The maximum Gasteiger partial charge on any atom is 0.124 e. The molecule has 0 amide bonds. The van der Waals surface area contributed by atoms with Crippen molar-refractivity contribution >= 4 is 0 Å². The second kappa shape index (κ2) is 6.58. The van der Waals surface area contributed by atoms with E-state index in [1.54, 1.807) is 30.9 Å². The fraction of sp³-hybridized carbons (Fsp3) is 0.235. The summed E-state index contributed by atoms with van der Waals surface area (Å²) in [5.41, 5.74) is 3.39. The van der Waals surface area contributed by atoms with Crippen LogP contribution in [0, 0.1) is 0 Å². The van der Waals surface area contributed by atoms with Crippen LogP contribution in [-0.4, -0.2) is 32.2 Å². The van der Waals surface area contributed by atoms with Crippen LogP contribution in [0.2, 0.25) is 0 Å². The van der Waals surface area contributed by atoms with Gasteiger partial charge in [0.15, 0.2) is 0 Å². The van der Waals surface area contributed by atoms with E-state index in [4.69, 9.17) is 4.52 Å². The van der Waals surface area contributed by atoms with Crippen molar-refractivity contribution in [3.63, 3.8) is 0 Å². The molecule has 2 heterocycles. The van der Waals surface area contributed by atoms with E-state index >= 15 is 0 Å². The molecule has 1 N–H and O–H groups in total. The van der Waals surface area contributed by atoms with Gasteiger partial charge < -0.3 is 9.63 Å². The fourth-order valence-corrected chi connectivity index (χ4v) is 2.39. The molecule has 3 aromatic rings. The van der Waals surface area contributed by atoms with Crippen molar-refractivity contribution in [3.8, 4) is 17.0 Å². The molecule has 23 heavy (non-hydrogen) atoms. The van der Waals surface area contributed by atoms with Crippen molar-refractivity contribution in [2.75, 3.05) is 7.05 Å². The largest absolute Gasteiger partial charge is 0.508 e. The number of hydrogen-bond donors (Lipinski definition) is 1. The highest BCUT2D eigenvalue weighted by atomic mass is 16.5. The second-order valence-electron chi connectivity index (χ2n) is 5.45. The van der Waals surface area contributed by atoms with Crippen LogP contribution < -0.4 is 0 Å². The van der Waals surface area contributed by atoms with Crippen molar-refractivity contribution in [3.05, 3.63) is 60.4 Å². The molecule has 0 bridgehead atoms. The molecule has 0 spiro atoms. The molecule has 0 aliphatic rings. The number of rotatable bonds is 5. The molecule has 0 aliphatic carbocycles. The van der Waals surface area contributed by atoms with Crippen LogP contribution in [0.4, 0.5) is 0 Å². The average molecular weight is 310 g/mol. The summed E-state index contributed by atoms with van der Waals surface area (Å²) in [6, 6.07) is 7.38. The molecular weight excluding hydrogens is 292 g/mol. The molecule has 6 heteroatoms. The van der Waals surface area contributed by atoms with Gasteiger partial charge in [-0.05, 0) is 32.2 Å². The minimum atomic E-state index is 0.0772. The molecule has 1 atom stereocenters. The predicted octanol–water partition coefficient (Wildman–Crippen LogP) is 3.03. The Bertz CT molecular complexity index is 760. The standard InChI is InChI=1S/C17H18N4O2/c1-12(15-5-8-23-20-15)21(2)11-14-9-13(3-4-17(14)22)16-10-18-6-7-19-16/h3-10,12,22H,11H2,1-2H3.